The Balaban J connectivity index is 1.66. The smallest absolute Gasteiger partial charge is 0.242 e. The van der Waals surface area contributed by atoms with Gasteiger partial charge in [0.25, 0.3) is 0 Å². The summed E-state index contributed by atoms with van der Waals surface area (Å²) in [5.41, 5.74) is 2.18. The number of halogens is 1. The summed E-state index contributed by atoms with van der Waals surface area (Å²) in [5, 5.41) is 7.28. The Bertz CT molecular complexity index is 1090. The Morgan fingerprint density at radius 3 is 2.41 bits per heavy atom. The van der Waals surface area contributed by atoms with Crippen LogP contribution in [0.4, 0.5) is 5.69 Å². The zero-order chi connectivity index (χ0) is 20.1. The zero-order valence-corrected chi connectivity index (χ0v) is 16.8. The summed E-state index contributed by atoms with van der Waals surface area (Å²) in [6.45, 7) is 0. The Morgan fingerprint density at radius 1 is 1.00 bits per heavy atom. The van der Waals surface area contributed by atoms with E-state index in [0.717, 1.165) is 10.5 Å². The van der Waals surface area contributed by atoms with Crippen LogP contribution in [0, 0.1) is 0 Å². The van der Waals surface area contributed by atoms with Gasteiger partial charge < -0.3 is 5.32 Å². The fourth-order valence-electron chi connectivity index (χ4n) is 2.87. The van der Waals surface area contributed by atoms with E-state index in [1.54, 1.807) is 29.2 Å². The van der Waals surface area contributed by atoms with Gasteiger partial charge in [0.15, 0.2) is 0 Å². The first-order valence-electron chi connectivity index (χ1n) is 8.93. The Hall–Kier alpha value is -3.09. The predicted octanol–water partition coefficient (Wildman–Crippen LogP) is 5.39. The molecule has 0 saturated heterocycles. The number of anilines is 1. The summed E-state index contributed by atoms with van der Waals surface area (Å²) in [6.07, 6.45) is 3.02. The van der Waals surface area contributed by atoms with Crippen molar-refractivity contribution in [3.8, 4) is 5.69 Å². The largest absolute Gasteiger partial charge is 0.323 e. The minimum atomic E-state index is -0.429. The molecule has 0 aliphatic rings. The van der Waals surface area contributed by atoms with Crippen LogP contribution in [-0.4, -0.2) is 20.7 Å². The van der Waals surface area contributed by atoms with Crippen LogP contribution in [0.25, 0.3) is 5.69 Å². The molecule has 0 spiro atoms. The van der Waals surface area contributed by atoms with Gasteiger partial charge in [0.2, 0.25) is 5.91 Å². The summed E-state index contributed by atoms with van der Waals surface area (Å²) >= 11 is 7.68. The van der Waals surface area contributed by atoms with Crippen LogP contribution >= 0.6 is 23.4 Å². The minimum absolute atomic E-state index is 0.145. The molecular formula is C22H17ClN4OS. The topological polar surface area (TPSA) is 59.8 Å². The number of nitrogens with one attached hydrogen (secondary N) is 1. The molecule has 29 heavy (non-hydrogen) atoms. The van der Waals surface area contributed by atoms with Gasteiger partial charge in [-0.1, -0.05) is 60.1 Å². The Morgan fingerprint density at radius 2 is 1.72 bits per heavy atom. The summed E-state index contributed by atoms with van der Waals surface area (Å²) in [4.78, 5) is 18.3. The van der Waals surface area contributed by atoms with E-state index in [2.05, 4.69) is 15.4 Å². The number of carbonyl (C=O) groups is 1. The number of aromatic nitrogens is 3. The third-order valence-electron chi connectivity index (χ3n) is 4.22. The fraction of sp³-hybridized carbons (Fsp3) is 0.0455. The maximum Gasteiger partial charge on any atom is 0.242 e. The third kappa shape index (κ3) is 4.67. The molecule has 4 aromatic rings. The van der Waals surface area contributed by atoms with Gasteiger partial charge in [-0.3, -0.25) is 4.79 Å². The van der Waals surface area contributed by atoms with E-state index in [4.69, 9.17) is 11.6 Å². The van der Waals surface area contributed by atoms with Crippen LogP contribution in [-0.2, 0) is 4.79 Å². The standard InChI is InChI=1S/C22H17ClN4OS/c23-17-11-12-20(27-15-24-14-25-27)19(13-17)26-22(28)21(16-7-3-1-4-8-16)29-18-9-5-2-6-10-18/h1-15,21H,(H,26,28)/t21-/m1/s1. The highest BCUT2D eigenvalue weighted by Gasteiger charge is 2.23. The van der Waals surface area contributed by atoms with Crippen molar-refractivity contribution in [2.75, 3.05) is 5.32 Å². The first-order chi connectivity index (χ1) is 14.2. The molecule has 3 aromatic carbocycles. The average molecular weight is 421 g/mol. The lowest BCUT2D eigenvalue weighted by atomic mass is 10.1. The SMILES string of the molecule is O=C(Nc1cc(Cl)ccc1-n1cncn1)[C@H](Sc1ccccc1)c1ccccc1. The molecule has 1 atom stereocenters. The number of carbonyl (C=O) groups excluding carboxylic acids is 1. The Kier molecular flexibility index (Phi) is 5.93. The number of nitrogens with zero attached hydrogens (tertiary/aromatic N) is 3. The molecule has 0 saturated carbocycles. The number of thioether (sulfide) groups is 1. The molecule has 144 valence electrons. The maximum atomic E-state index is 13.3. The molecule has 4 rings (SSSR count). The van der Waals surface area contributed by atoms with Crippen molar-refractivity contribution >= 4 is 35.0 Å². The lowest BCUT2D eigenvalue weighted by Gasteiger charge is -2.18. The van der Waals surface area contributed by atoms with Gasteiger partial charge >= 0.3 is 0 Å². The van der Waals surface area contributed by atoms with Crippen molar-refractivity contribution in [3.05, 3.63) is 102 Å². The monoisotopic (exact) mass is 420 g/mol. The first kappa shape index (κ1) is 19.2. The molecule has 0 fully saturated rings. The highest BCUT2D eigenvalue weighted by Crippen LogP contribution is 2.36. The number of rotatable bonds is 6. The van der Waals surface area contributed by atoms with Crippen molar-refractivity contribution in [2.24, 2.45) is 0 Å². The van der Waals surface area contributed by atoms with Crippen molar-refractivity contribution in [1.82, 2.24) is 14.8 Å². The van der Waals surface area contributed by atoms with Crippen LogP contribution in [0.2, 0.25) is 5.02 Å². The highest BCUT2D eigenvalue weighted by molar-refractivity contribution is 8.00. The van der Waals surface area contributed by atoms with Crippen LogP contribution in [0.1, 0.15) is 10.8 Å². The van der Waals surface area contributed by atoms with Gasteiger partial charge in [0.05, 0.1) is 11.4 Å². The van der Waals surface area contributed by atoms with Crippen molar-refractivity contribution in [1.29, 1.82) is 0 Å². The van der Waals surface area contributed by atoms with Gasteiger partial charge in [-0.25, -0.2) is 9.67 Å². The lowest BCUT2D eigenvalue weighted by Crippen LogP contribution is -2.20. The van der Waals surface area contributed by atoms with Crippen molar-refractivity contribution in [2.45, 2.75) is 10.1 Å². The van der Waals surface area contributed by atoms with Crippen LogP contribution in [0.5, 0.6) is 0 Å². The molecule has 0 aliphatic carbocycles. The molecule has 1 heterocycles. The molecule has 7 heteroatoms. The number of hydrogen-bond donors (Lipinski definition) is 1. The quantitative estimate of drug-likeness (QED) is 0.424. The van der Waals surface area contributed by atoms with Gasteiger partial charge in [-0.05, 0) is 35.9 Å². The van der Waals surface area contributed by atoms with E-state index in [1.807, 2.05) is 60.7 Å². The lowest BCUT2D eigenvalue weighted by molar-refractivity contribution is -0.115. The maximum absolute atomic E-state index is 13.3. The van der Waals surface area contributed by atoms with E-state index in [-0.39, 0.29) is 5.91 Å². The van der Waals surface area contributed by atoms with E-state index < -0.39 is 5.25 Å². The molecule has 5 nitrogen and oxygen atoms in total. The molecule has 1 N–H and O–H groups in total. The second kappa shape index (κ2) is 8.94. The normalized spacial score (nSPS) is 11.8. The van der Waals surface area contributed by atoms with Gasteiger partial charge in [0.1, 0.15) is 17.9 Å². The second-order valence-electron chi connectivity index (χ2n) is 6.21. The summed E-state index contributed by atoms with van der Waals surface area (Å²) < 4.78 is 1.59. The van der Waals surface area contributed by atoms with Crippen molar-refractivity contribution < 1.29 is 4.79 Å². The number of hydrogen-bond acceptors (Lipinski definition) is 4. The molecule has 0 aliphatic heterocycles. The fourth-order valence-corrected chi connectivity index (χ4v) is 4.09. The van der Waals surface area contributed by atoms with E-state index in [9.17, 15) is 4.79 Å². The Labute approximate surface area is 177 Å². The van der Waals surface area contributed by atoms with Crippen LogP contribution < -0.4 is 5.32 Å². The van der Waals surface area contributed by atoms with Gasteiger partial charge in [0, 0.05) is 9.92 Å². The van der Waals surface area contributed by atoms with Crippen LogP contribution in [0.3, 0.4) is 0 Å². The molecule has 0 unspecified atom stereocenters. The third-order valence-corrected chi connectivity index (χ3v) is 5.72. The number of benzene rings is 3. The minimum Gasteiger partial charge on any atom is -0.323 e. The zero-order valence-electron chi connectivity index (χ0n) is 15.3. The van der Waals surface area contributed by atoms with Gasteiger partial charge in [-0.2, -0.15) is 5.10 Å². The highest BCUT2D eigenvalue weighted by atomic mass is 35.5. The first-order valence-corrected chi connectivity index (χ1v) is 10.2. The van der Waals surface area contributed by atoms with E-state index >= 15 is 0 Å². The molecule has 0 radical (unpaired) electrons. The molecular weight excluding hydrogens is 404 g/mol. The van der Waals surface area contributed by atoms with E-state index in [0.29, 0.717) is 16.4 Å². The number of amides is 1. The summed E-state index contributed by atoms with van der Waals surface area (Å²) in [5.74, 6) is -0.145. The summed E-state index contributed by atoms with van der Waals surface area (Å²) in [7, 11) is 0. The predicted molar refractivity (Wildman–Crippen MR) is 116 cm³/mol. The molecule has 1 aromatic heterocycles. The second-order valence-corrected chi connectivity index (χ2v) is 7.83. The summed E-state index contributed by atoms with van der Waals surface area (Å²) in [6, 6.07) is 24.8. The van der Waals surface area contributed by atoms with Gasteiger partial charge in [-0.15, -0.1) is 11.8 Å². The molecule has 0 bridgehead atoms. The van der Waals surface area contributed by atoms with Crippen LogP contribution in [0.15, 0.2) is 96.4 Å². The van der Waals surface area contributed by atoms with Crippen molar-refractivity contribution in [3.63, 3.8) is 0 Å². The average Bonchev–Trinajstić information content (AvgIpc) is 3.28. The van der Waals surface area contributed by atoms with E-state index in [1.165, 1.54) is 18.1 Å². The molecule has 1 amide bonds.